The fourth-order valence-corrected chi connectivity index (χ4v) is 3.79. The highest BCUT2D eigenvalue weighted by Gasteiger charge is 2.21. The maximum atomic E-state index is 12.8. The second-order valence-electron chi connectivity index (χ2n) is 7.34. The van der Waals surface area contributed by atoms with Crippen LogP contribution in [0.3, 0.4) is 0 Å². The molecular formula is C24H21N3O3. The maximum Gasteiger partial charge on any atom is 0.228 e. The van der Waals surface area contributed by atoms with Crippen LogP contribution in [-0.4, -0.2) is 33.9 Å². The lowest BCUT2D eigenvalue weighted by atomic mass is 9.92. The number of pyridine rings is 1. The molecule has 0 bridgehead atoms. The molecule has 6 nitrogen and oxygen atoms in total. The number of hydrogen-bond donors (Lipinski definition) is 1. The van der Waals surface area contributed by atoms with Gasteiger partial charge in [0, 0.05) is 30.5 Å². The monoisotopic (exact) mass is 399 g/mol. The number of aromatic amines is 1. The van der Waals surface area contributed by atoms with Gasteiger partial charge in [0.05, 0.1) is 11.0 Å². The molecule has 5 rings (SSSR count). The van der Waals surface area contributed by atoms with Gasteiger partial charge >= 0.3 is 0 Å². The van der Waals surface area contributed by atoms with E-state index in [-0.39, 0.29) is 5.78 Å². The summed E-state index contributed by atoms with van der Waals surface area (Å²) in [6.07, 6.45) is 3.66. The maximum absolute atomic E-state index is 12.8. The van der Waals surface area contributed by atoms with Gasteiger partial charge in [-0.2, -0.15) is 0 Å². The van der Waals surface area contributed by atoms with E-state index in [2.05, 4.69) is 21.0 Å². The van der Waals surface area contributed by atoms with Gasteiger partial charge in [0.15, 0.2) is 5.82 Å². The third-order valence-corrected chi connectivity index (χ3v) is 5.40. The molecule has 0 radical (unpaired) electrons. The van der Waals surface area contributed by atoms with E-state index >= 15 is 0 Å². The van der Waals surface area contributed by atoms with E-state index in [4.69, 9.17) is 9.47 Å². The minimum atomic E-state index is -0.154. The van der Waals surface area contributed by atoms with Gasteiger partial charge in [-0.25, -0.2) is 9.97 Å². The Hall–Kier alpha value is -3.51. The van der Waals surface area contributed by atoms with Crippen molar-refractivity contribution in [3.05, 3.63) is 83.8 Å². The second-order valence-corrected chi connectivity index (χ2v) is 7.34. The number of fused-ring (bicyclic) bond motifs is 1. The van der Waals surface area contributed by atoms with Crippen LogP contribution < -0.4 is 4.74 Å². The average Bonchev–Trinajstić information content (AvgIpc) is 3.24. The van der Waals surface area contributed by atoms with Crippen molar-refractivity contribution in [2.24, 2.45) is 0 Å². The Labute approximate surface area is 173 Å². The summed E-state index contributed by atoms with van der Waals surface area (Å²) in [5.41, 5.74) is 3.27. The summed E-state index contributed by atoms with van der Waals surface area (Å²) in [5.74, 6) is 1.81. The predicted octanol–water partition coefficient (Wildman–Crippen LogP) is 4.88. The molecule has 1 aliphatic heterocycles. The van der Waals surface area contributed by atoms with Crippen molar-refractivity contribution in [3.8, 4) is 11.6 Å². The van der Waals surface area contributed by atoms with Crippen molar-refractivity contribution in [3.63, 3.8) is 0 Å². The van der Waals surface area contributed by atoms with E-state index in [0.717, 1.165) is 42.7 Å². The zero-order valence-corrected chi connectivity index (χ0v) is 16.4. The number of hydrogen-bond acceptors (Lipinski definition) is 5. The van der Waals surface area contributed by atoms with E-state index in [1.807, 2.05) is 30.3 Å². The molecule has 30 heavy (non-hydrogen) atoms. The quantitative estimate of drug-likeness (QED) is 0.484. The molecule has 0 spiro atoms. The average molecular weight is 399 g/mol. The minimum Gasteiger partial charge on any atom is -0.439 e. The predicted molar refractivity (Wildman–Crippen MR) is 113 cm³/mol. The molecule has 0 saturated carbocycles. The highest BCUT2D eigenvalue weighted by molar-refractivity contribution is 6.08. The normalized spacial score (nSPS) is 14.7. The number of carbonyl (C=O) groups excluding carboxylic acids is 1. The molecule has 1 fully saturated rings. The van der Waals surface area contributed by atoms with Crippen LogP contribution in [0.25, 0.3) is 11.0 Å². The standard InChI is InChI=1S/C24H21N3O3/c28-22(23-26-20-5-1-2-6-21(20)27-23)17-7-9-18(10-8-17)30-24-19(4-3-13-25-24)16-11-14-29-15-12-16/h1-10,13,16H,11-12,14-15H2,(H,26,27). The minimum absolute atomic E-state index is 0.154. The number of rotatable bonds is 5. The summed E-state index contributed by atoms with van der Waals surface area (Å²) in [4.78, 5) is 24.7. The largest absolute Gasteiger partial charge is 0.439 e. The van der Waals surface area contributed by atoms with E-state index < -0.39 is 0 Å². The number of para-hydroxylation sites is 2. The number of H-pyrrole nitrogens is 1. The van der Waals surface area contributed by atoms with Gasteiger partial charge in [-0.1, -0.05) is 18.2 Å². The highest BCUT2D eigenvalue weighted by atomic mass is 16.5. The molecule has 1 N–H and O–H groups in total. The van der Waals surface area contributed by atoms with E-state index in [1.165, 1.54) is 0 Å². The summed E-state index contributed by atoms with van der Waals surface area (Å²) in [6.45, 7) is 1.52. The van der Waals surface area contributed by atoms with E-state index in [9.17, 15) is 4.79 Å². The number of nitrogens with zero attached hydrogens (tertiary/aromatic N) is 2. The highest BCUT2D eigenvalue weighted by Crippen LogP contribution is 2.34. The first kappa shape index (κ1) is 18.5. The first-order chi connectivity index (χ1) is 14.8. The van der Waals surface area contributed by atoms with E-state index in [1.54, 1.807) is 30.5 Å². The molecule has 1 aliphatic rings. The number of imidazole rings is 1. The Kier molecular flexibility index (Phi) is 4.99. The molecule has 1 saturated heterocycles. The van der Waals surface area contributed by atoms with Gasteiger partial charge in [0.1, 0.15) is 5.75 Å². The molecule has 2 aromatic carbocycles. The number of carbonyl (C=O) groups is 1. The number of benzene rings is 2. The smallest absolute Gasteiger partial charge is 0.228 e. The van der Waals surface area contributed by atoms with Gasteiger partial charge in [-0.15, -0.1) is 0 Å². The third kappa shape index (κ3) is 3.69. The van der Waals surface area contributed by atoms with Gasteiger partial charge in [-0.3, -0.25) is 4.79 Å². The topological polar surface area (TPSA) is 77.1 Å². The first-order valence-electron chi connectivity index (χ1n) is 10.1. The molecule has 0 unspecified atom stereocenters. The molecular weight excluding hydrogens is 378 g/mol. The van der Waals surface area contributed by atoms with Gasteiger partial charge < -0.3 is 14.5 Å². The lowest BCUT2D eigenvalue weighted by Gasteiger charge is -2.23. The first-order valence-corrected chi connectivity index (χ1v) is 10.1. The van der Waals surface area contributed by atoms with Gasteiger partial charge in [0.2, 0.25) is 11.7 Å². The van der Waals surface area contributed by atoms with Crippen LogP contribution in [0, 0.1) is 0 Å². The second kappa shape index (κ2) is 8.08. The Morgan fingerprint density at radius 1 is 1.00 bits per heavy atom. The van der Waals surface area contributed by atoms with Crippen molar-refractivity contribution in [1.82, 2.24) is 15.0 Å². The fourth-order valence-electron chi connectivity index (χ4n) is 3.79. The zero-order chi connectivity index (χ0) is 20.3. The Morgan fingerprint density at radius 2 is 1.80 bits per heavy atom. The molecule has 0 atom stereocenters. The van der Waals surface area contributed by atoms with Crippen LogP contribution >= 0.6 is 0 Å². The number of ketones is 1. The Bertz CT molecular complexity index is 1140. The van der Waals surface area contributed by atoms with Crippen LogP contribution in [0.15, 0.2) is 66.9 Å². The molecule has 0 amide bonds. The van der Waals surface area contributed by atoms with Gasteiger partial charge in [-0.05, 0) is 61.2 Å². The number of aromatic nitrogens is 3. The third-order valence-electron chi connectivity index (χ3n) is 5.40. The van der Waals surface area contributed by atoms with Crippen molar-refractivity contribution >= 4 is 16.8 Å². The van der Waals surface area contributed by atoms with Crippen LogP contribution in [0.1, 0.15) is 40.5 Å². The lowest BCUT2D eigenvalue weighted by molar-refractivity contribution is 0.0848. The van der Waals surface area contributed by atoms with E-state index in [0.29, 0.717) is 28.9 Å². The zero-order valence-electron chi connectivity index (χ0n) is 16.4. The molecule has 6 heteroatoms. The summed E-state index contributed by atoms with van der Waals surface area (Å²) in [6, 6.07) is 18.7. The van der Waals surface area contributed by atoms with Crippen LogP contribution in [0.5, 0.6) is 11.6 Å². The van der Waals surface area contributed by atoms with Crippen LogP contribution in [-0.2, 0) is 4.74 Å². The molecule has 0 aliphatic carbocycles. The Balaban J connectivity index is 1.35. The van der Waals surface area contributed by atoms with Crippen molar-refractivity contribution < 1.29 is 14.3 Å². The van der Waals surface area contributed by atoms with Gasteiger partial charge in [0.25, 0.3) is 0 Å². The van der Waals surface area contributed by atoms with Crippen LogP contribution in [0.4, 0.5) is 0 Å². The Morgan fingerprint density at radius 3 is 2.60 bits per heavy atom. The molecule has 2 aromatic heterocycles. The van der Waals surface area contributed by atoms with Crippen molar-refractivity contribution in [2.75, 3.05) is 13.2 Å². The van der Waals surface area contributed by atoms with Crippen molar-refractivity contribution in [2.45, 2.75) is 18.8 Å². The fraction of sp³-hybridized carbons (Fsp3) is 0.208. The molecule has 3 heterocycles. The lowest BCUT2D eigenvalue weighted by Crippen LogP contribution is -2.15. The summed E-state index contributed by atoms with van der Waals surface area (Å²) < 4.78 is 11.5. The SMILES string of the molecule is O=C(c1ccc(Oc2ncccc2C2CCOCC2)cc1)c1nc2ccccc2[nH]1. The molecule has 4 aromatic rings. The summed E-state index contributed by atoms with van der Waals surface area (Å²) in [7, 11) is 0. The number of ether oxygens (including phenoxy) is 2. The summed E-state index contributed by atoms with van der Waals surface area (Å²) >= 11 is 0. The summed E-state index contributed by atoms with van der Waals surface area (Å²) in [5, 5.41) is 0. The van der Waals surface area contributed by atoms with Crippen LogP contribution in [0.2, 0.25) is 0 Å². The molecule has 150 valence electrons. The van der Waals surface area contributed by atoms with Crippen molar-refractivity contribution in [1.29, 1.82) is 0 Å². The number of nitrogens with one attached hydrogen (secondary N) is 1.